The molecule has 0 aliphatic heterocycles. The summed E-state index contributed by atoms with van der Waals surface area (Å²) < 4.78 is 65.3. The highest BCUT2D eigenvalue weighted by atomic mass is 35.5. The lowest BCUT2D eigenvalue weighted by Gasteiger charge is -2.06. The molecule has 0 saturated carbocycles. The SMILES string of the molecule is ClCCl.O.O.O.O=C(C(F)(F)F)C(F)(F)F. The highest BCUT2D eigenvalue weighted by Gasteiger charge is 2.55. The lowest BCUT2D eigenvalue weighted by molar-refractivity contribution is -0.217. The summed E-state index contributed by atoms with van der Waals surface area (Å²) >= 11 is 9.53. The van der Waals surface area contributed by atoms with Gasteiger partial charge >= 0.3 is 18.1 Å². The van der Waals surface area contributed by atoms with E-state index in [9.17, 15) is 31.1 Å². The second kappa shape index (κ2) is 11.2. The summed E-state index contributed by atoms with van der Waals surface area (Å²) in [7, 11) is 0. The van der Waals surface area contributed by atoms with Gasteiger partial charge in [0.25, 0.3) is 0 Å². The first kappa shape index (κ1) is 29.6. The summed E-state index contributed by atoms with van der Waals surface area (Å²) in [5.74, 6) is -3.68. The lowest BCUT2D eigenvalue weighted by Crippen LogP contribution is -2.36. The highest BCUT2D eigenvalue weighted by molar-refractivity contribution is 6.40. The fourth-order valence-electron chi connectivity index (χ4n) is 0.161. The number of carbonyl (C=O) groups is 1. The predicted molar refractivity (Wildman–Crippen MR) is 44.5 cm³/mol. The Bertz CT molecular complexity index is 153. The molecule has 0 atom stereocenters. The molecule has 0 unspecified atom stereocenters. The van der Waals surface area contributed by atoms with Gasteiger partial charge in [-0.25, -0.2) is 0 Å². The maximum Gasteiger partial charge on any atom is 0.459 e. The van der Waals surface area contributed by atoms with Crippen LogP contribution in [0.2, 0.25) is 0 Å². The Kier molecular flexibility index (Phi) is 20.8. The average Bonchev–Trinajstić information content (AvgIpc) is 1.84. The zero-order chi connectivity index (χ0) is 11.3. The molecule has 4 nitrogen and oxygen atoms in total. The summed E-state index contributed by atoms with van der Waals surface area (Å²) in [6.07, 6.45) is -11.6. The second-order valence-electron chi connectivity index (χ2n) is 1.43. The molecule has 0 bridgehead atoms. The fourth-order valence-corrected chi connectivity index (χ4v) is 0.161. The molecule has 0 rings (SSSR count). The molecule has 0 aliphatic carbocycles. The number of halogens is 8. The van der Waals surface area contributed by atoms with Gasteiger partial charge in [0.05, 0.1) is 5.34 Å². The molecule has 0 aliphatic rings. The summed E-state index contributed by atoms with van der Waals surface area (Å²) in [5, 5.41) is 0.194. The monoisotopic (exact) mass is 304 g/mol. The average molecular weight is 305 g/mol. The number of hydrogen-bond donors (Lipinski definition) is 0. The van der Waals surface area contributed by atoms with E-state index in [1.54, 1.807) is 0 Å². The van der Waals surface area contributed by atoms with Crippen molar-refractivity contribution in [3.05, 3.63) is 0 Å². The molecular formula is C4H8Cl2F6O4. The van der Waals surface area contributed by atoms with Gasteiger partial charge in [-0.05, 0) is 0 Å². The van der Waals surface area contributed by atoms with E-state index in [4.69, 9.17) is 23.2 Å². The zero-order valence-corrected chi connectivity index (χ0v) is 8.65. The molecule has 0 amide bonds. The molecule has 6 N–H and O–H groups in total. The van der Waals surface area contributed by atoms with Crippen LogP contribution in [-0.4, -0.2) is 39.9 Å². The smallest absolute Gasteiger partial charge is 0.412 e. The summed E-state index contributed by atoms with van der Waals surface area (Å²) in [5.41, 5.74) is 0. The third-order valence-corrected chi connectivity index (χ3v) is 0.515. The summed E-state index contributed by atoms with van der Waals surface area (Å²) in [6.45, 7) is 0. The number of ketones is 1. The minimum atomic E-state index is -5.82. The van der Waals surface area contributed by atoms with Crippen molar-refractivity contribution in [3.8, 4) is 0 Å². The Hall–Kier alpha value is -0.290. The number of rotatable bonds is 0. The molecule has 0 aromatic heterocycles. The van der Waals surface area contributed by atoms with Crippen LogP contribution in [0.4, 0.5) is 26.3 Å². The van der Waals surface area contributed by atoms with Gasteiger partial charge in [-0.15, -0.1) is 23.2 Å². The van der Waals surface area contributed by atoms with Crippen molar-refractivity contribution < 1.29 is 47.6 Å². The van der Waals surface area contributed by atoms with E-state index in [2.05, 4.69) is 0 Å². The Morgan fingerprint density at radius 3 is 0.938 bits per heavy atom. The molecule has 0 radical (unpaired) electrons. The van der Waals surface area contributed by atoms with Gasteiger partial charge in [0.15, 0.2) is 0 Å². The standard InChI is InChI=1S/C3F6O.CH2Cl2.3H2O/c4-2(5,6)1(10)3(7,8)9;2-1-3;;;/h;1H2;3*1H2. The van der Waals surface area contributed by atoms with Crippen molar-refractivity contribution in [1.29, 1.82) is 0 Å². The van der Waals surface area contributed by atoms with Gasteiger partial charge in [0.2, 0.25) is 0 Å². The molecule has 0 saturated heterocycles. The molecule has 0 heterocycles. The van der Waals surface area contributed by atoms with E-state index in [1.807, 2.05) is 0 Å². The first-order valence-corrected chi connectivity index (χ1v) is 3.44. The minimum Gasteiger partial charge on any atom is -0.412 e. The number of Topliss-reactive ketones (excluding diaryl/α,β-unsaturated/α-hetero) is 1. The van der Waals surface area contributed by atoms with Gasteiger partial charge < -0.3 is 16.4 Å². The first-order chi connectivity index (χ1) is 5.57. The van der Waals surface area contributed by atoms with E-state index < -0.39 is 18.1 Å². The van der Waals surface area contributed by atoms with Gasteiger partial charge in [0, 0.05) is 0 Å². The molecule has 0 fully saturated rings. The Balaban J connectivity index is -0.0000000606. The van der Waals surface area contributed by atoms with Crippen molar-refractivity contribution in [2.75, 3.05) is 5.34 Å². The quantitative estimate of drug-likeness (QED) is 0.474. The Labute approximate surface area is 95.0 Å². The van der Waals surface area contributed by atoms with E-state index in [0.717, 1.165) is 0 Å². The molecule has 104 valence electrons. The largest absolute Gasteiger partial charge is 0.459 e. The molecule has 12 heteroatoms. The number of alkyl halides is 8. The third-order valence-electron chi connectivity index (χ3n) is 0.515. The van der Waals surface area contributed by atoms with E-state index in [-0.39, 0.29) is 21.8 Å². The molecule has 0 aromatic carbocycles. The van der Waals surface area contributed by atoms with Gasteiger partial charge in [0.1, 0.15) is 0 Å². The van der Waals surface area contributed by atoms with Crippen LogP contribution in [0.15, 0.2) is 0 Å². The topological polar surface area (TPSA) is 112 Å². The van der Waals surface area contributed by atoms with Crippen LogP contribution >= 0.6 is 23.2 Å². The van der Waals surface area contributed by atoms with Gasteiger partial charge in [-0.2, -0.15) is 26.3 Å². The lowest BCUT2D eigenvalue weighted by atomic mass is 10.4. The van der Waals surface area contributed by atoms with Crippen molar-refractivity contribution >= 4 is 29.0 Å². The Morgan fingerprint density at radius 1 is 0.812 bits per heavy atom. The summed E-state index contributed by atoms with van der Waals surface area (Å²) in [6, 6.07) is 0. The third kappa shape index (κ3) is 16.2. The number of hydrogen-bond acceptors (Lipinski definition) is 1. The molecule has 0 aromatic rings. The molecular weight excluding hydrogens is 297 g/mol. The molecule has 16 heavy (non-hydrogen) atoms. The minimum absolute atomic E-state index is 0. The second-order valence-corrected chi connectivity index (χ2v) is 2.23. The van der Waals surface area contributed by atoms with Crippen LogP contribution < -0.4 is 0 Å². The van der Waals surface area contributed by atoms with E-state index in [0.29, 0.717) is 0 Å². The predicted octanol–water partition coefficient (Wildman–Crippen LogP) is 0.627. The fraction of sp³-hybridized carbons (Fsp3) is 0.750. The van der Waals surface area contributed by atoms with E-state index in [1.165, 1.54) is 0 Å². The highest BCUT2D eigenvalue weighted by Crippen LogP contribution is 2.28. The summed E-state index contributed by atoms with van der Waals surface area (Å²) in [4.78, 5) is 9.24. The maximum atomic E-state index is 10.9. The van der Waals surface area contributed by atoms with Crippen molar-refractivity contribution in [2.24, 2.45) is 0 Å². The van der Waals surface area contributed by atoms with Gasteiger partial charge in [-0.1, -0.05) is 0 Å². The van der Waals surface area contributed by atoms with Crippen LogP contribution in [0.1, 0.15) is 0 Å². The maximum absolute atomic E-state index is 10.9. The van der Waals surface area contributed by atoms with Crippen LogP contribution in [-0.2, 0) is 4.79 Å². The van der Waals surface area contributed by atoms with Crippen molar-refractivity contribution in [3.63, 3.8) is 0 Å². The normalized spacial score (nSPS) is 9.50. The Morgan fingerprint density at radius 2 is 0.938 bits per heavy atom. The van der Waals surface area contributed by atoms with Crippen LogP contribution in [0.5, 0.6) is 0 Å². The van der Waals surface area contributed by atoms with Gasteiger partial charge in [-0.3, -0.25) is 4.79 Å². The first-order valence-electron chi connectivity index (χ1n) is 2.37. The van der Waals surface area contributed by atoms with Crippen LogP contribution in [0.3, 0.4) is 0 Å². The van der Waals surface area contributed by atoms with Crippen molar-refractivity contribution in [2.45, 2.75) is 12.4 Å². The number of carbonyl (C=O) groups excluding carboxylic acids is 1. The van der Waals surface area contributed by atoms with Crippen LogP contribution in [0, 0.1) is 0 Å². The van der Waals surface area contributed by atoms with Crippen molar-refractivity contribution in [1.82, 2.24) is 0 Å². The van der Waals surface area contributed by atoms with E-state index >= 15 is 0 Å². The molecule has 0 spiro atoms. The zero-order valence-electron chi connectivity index (χ0n) is 7.14. The van der Waals surface area contributed by atoms with Crippen LogP contribution in [0.25, 0.3) is 0 Å².